The van der Waals surface area contributed by atoms with Gasteiger partial charge in [-0.2, -0.15) is 0 Å². The van der Waals surface area contributed by atoms with E-state index < -0.39 is 5.60 Å². The highest BCUT2D eigenvalue weighted by molar-refractivity contribution is 5.19. The molecule has 2 aliphatic rings. The predicted octanol–water partition coefficient (Wildman–Crippen LogP) is 3.78. The summed E-state index contributed by atoms with van der Waals surface area (Å²) in [5.41, 5.74) is 0.906. The molecule has 4 atom stereocenters. The van der Waals surface area contributed by atoms with Crippen LogP contribution in [0.1, 0.15) is 53.4 Å². The molecule has 0 aromatic rings. The summed E-state index contributed by atoms with van der Waals surface area (Å²) in [7, 11) is 0. The maximum atomic E-state index is 9.97. The second-order valence-corrected chi connectivity index (χ2v) is 6.63. The average molecular weight is 222 g/mol. The first-order valence-electron chi connectivity index (χ1n) is 6.82. The Hall–Kier alpha value is -0.300. The second kappa shape index (κ2) is 4.18. The molecule has 1 nitrogen and oxygen atoms in total. The van der Waals surface area contributed by atoms with E-state index in [1.807, 2.05) is 13.8 Å². The minimum absolute atomic E-state index is 0.636. The first kappa shape index (κ1) is 12.2. The van der Waals surface area contributed by atoms with Crippen LogP contribution < -0.4 is 0 Å². The van der Waals surface area contributed by atoms with Gasteiger partial charge in [0, 0.05) is 0 Å². The second-order valence-electron chi connectivity index (χ2n) is 6.63. The Morgan fingerprint density at radius 2 is 1.81 bits per heavy atom. The SMILES string of the molecule is C[C@@H]1CC/C(=C/C(C)(C)O)[C@@H]2[C@H]1CC[C@@H]2C. The summed E-state index contributed by atoms with van der Waals surface area (Å²) in [6.45, 7) is 8.59. The standard InChI is InChI=1S/C15H26O/c1-10-5-7-12(9-15(3,4)16)14-11(2)6-8-13(10)14/h9-11,13-14,16H,5-8H2,1-4H3/b12-9-/t10-,11+,13+,14-/m1/s1. The number of hydrogen-bond donors (Lipinski definition) is 1. The molecule has 1 heteroatoms. The molecule has 2 rings (SSSR count). The van der Waals surface area contributed by atoms with Crippen molar-refractivity contribution < 1.29 is 5.11 Å². The molecule has 2 aliphatic carbocycles. The van der Waals surface area contributed by atoms with Crippen molar-refractivity contribution in [2.24, 2.45) is 23.7 Å². The van der Waals surface area contributed by atoms with Gasteiger partial charge in [-0.25, -0.2) is 0 Å². The lowest BCUT2D eigenvalue weighted by molar-refractivity contribution is 0.127. The van der Waals surface area contributed by atoms with Gasteiger partial charge in [0.2, 0.25) is 0 Å². The van der Waals surface area contributed by atoms with E-state index in [-0.39, 0.29) is 0 Å². The first-order valence-corrected chi connectivity index (χ1v) is 6.82. The van der Waals surface area contributed by atoms with Gasteiger partial charge >= 0.3 is 0 Å². The van der Waals surface area contributed by atoms with Gasteiger partial charge in [0.1, 0.15) is 0 Å². The highest BCUT2D eigenvalue weighted by Crippen LogP contribution is 2.51. The van der Waals surface area contributed by atoms with E-state index in [9.17, 15) is 5.11 Å². The Morgan fingerprint density at radius 1 is 1.12 bits per heavy atom. The zero-order valence-electron chi connectivity index (χ0n) is 11.2. The van der Waals surface area contributed by atoms with Crippen molar-refractivity contribution >= 4 is 0 Å². The Kier molecular flexibility index (Phi) is 3.18. The van der Waals surface area contributed by atoms with Gasteiger partial charge in [0.05, 0.1) is 5.60 Å². The quantitative estimate of drug-likeness (QED) is 0.669. The number of fused-ring (bicyclic) bond motifs is 1. The fourth-order valence-electron chi connectivity index (χ4n) is 3.91. The lowest BCUT2D eigenvalue weighted by atomic mass is 9.69. The average Bonchev–Trinajstić information content (AvgIpc) is 2.52. The molecular weight excluding hydrogens is 196 g/mol. The van der Waals surface area contributed by atoms with Crippen LogP contribution in [0.2, 0.25) is 0 Å². The Bertz CT molecular complexity index is 284. The van der Waals surface area contributed by atoms with Gasteiger partial charge in [-0.05, 0) is 63.2 Å². The van der Waals surface area contributed by atoms with E-state index in [2.05, 4.69) is 19.9 Å². The third kappa shape index (κ3) is 2.34. The van der Waals surface area contributed by atoms with Crippen molar-refractivity contribution in [2.45, 2.75) is 59.0 Å². The van der Waals surface area contributed by atoms with Crippen LogP contribution in [0.4, 0.5) is 0 Å². The van der Waals surface area contributed by atoms with Crippen molar-refractivity contribution in [3.63, 3.8) is 0 Å². The third-order valence-corrected chi connectivity index (χ3v) is 4.62. The van der Waals surface area contributed by atoms with E-state index in [1.54, 1.807) is 5.57 Å². The summed E-state index contributed by atoms with van der Waals surface area (Å²) in [4.78, 5) is 0. The number of rotatable bonds is 1. The van der Waals surface area contributed by atoms with E-state index in [0.717, 1.165) is 23.7 Å². The molecule has 1 N–H and O–H groups in total. The van der Waals surface area contributed by atoms with E-state index in [0.29, 0.717) is 0 Å². The van der Waals surface area contributed by atoms with Crippen LogP contribution in [0.25, 0.3) is 0 Å². The molecule has 0 aromatic carbocycles. The number of aliphatic hydroxyl groups is 1. The maximum Gasteiger partial charge on any atom is 0.0774 e. The van der Waals surface area contributed by atoms with E-state index in [4.69, 9.17) is 0 Å². The highest BCUT2D eigenvalue weighted by Gasteiger charge is 2.41. The molecule has 0 bridgehead atoms. The summed E-state index contributed by atoms with van der Waals surface area (Å²) < 4.78 is 0. The molecule has 0 saturated heterocycles. The van der Waals surface area contributed by atoms with E-state index in [1.165, 1.54) is 25.7 Å². The lowest BCUT2D eigenvalue weighted by Gasteiger charge is -2.37. The topological polar surface area (TPSA) is 20.2 Å². The number of hydrogen-bond acceptors (Lipinski definition) is 1. The van der Waals surface area contributed by atoms with Gasteiger partial charge in [-0.3, -0.25) is 0 Å². The molecule has 0 unspecified atom stereocenters. The fraction of sp³-hybridized carbons (Fsp3) is 0.867. The van der Waals surface area contributed by atoms with Crippen molar-refractivity contribution in [3.05, 3.63) is 11.6 Å². The third-order valence-electron chi connectivity index (χ3n) is 4.62. The fourth-order valence-corrected chi connectivity index (χ4v) is 3.91. The van der Waals surface area contributed by atoms with Crippen molar-refractivity contribution in [2.75, 3.05) is 0 Å². The normalized spacial score (nSPS) is 42.4. The zero-order chi connectivity index (χ0) is 11.9. The molecule has 0 heterocycles. The summed E-state index contributed by atoms with van der Waals surface area (Å²) in [5.74, 6) is 3.35. The molecule has 2 saturated carbocycles. The highest BCUT2D eigenvalue weighted by atomic mass is 16.3. The summed E-state index contributed by atoms with van der Waals surface area (Å²) in [5, 5.41) is 9.97. The van der Waals surface area contributed by atoms with Crippen molar-refractivity contribution in [1.29, 1.82) is 0 Å². The molecule has 0 spiro atoms. The molecular formula is C15H26O. The molecule has 0 radical (unpaired) electrons. The van der Waals surface area contributed by atoms with Gasteiger partial charge in [0.15, 0.2) is 0 Å². The van der Waals surface area contributed by atoms with Gasteiger partial charge in [-0.1, -0.05) is 25.5 Å². The molecule has 16 heavy (non-hydrogen) atoms. The first-order chi connectivity index (χ1) is 7.38. The molecule has 0 amide bonds. The molecule has 2 fully saturated rings. The maximum absolute atomic E-state index is 9.97. The molecule has 0 aliphatic heterocycles. The van der Waals surface area contributed by atoms with Crippen molar-refractivity contribution in [3.8, 4) is 0 Å². The van der Waals surface area contributed by atoms with Crippen LogP contribution in [-0.4, -0.2) is 10.7 Å². The van der Waals surface area contributed by atoms with Crippen LogP contribution in [0, 0.1) is 23.7 Å². The Morgan fingerprint density at radius 3 is 2.44 bits per heavy atom. The largest absolute Gasteiger partial charge is 0.386 e. The monoisotopic (exact) mass is 222 g/mol. The van der Waals surface area contributed by atoms with Gasteiger partial charge in [-0.15, -0.1) is 0 Å². The predicted molar refractivity (Wildman–Crippen MR) is 68.2 cm³/mol. The molecule has 0 aromatic heterocycles. The van der Waals surface area contributed by atoms with Crippen LogP contribution in [-0.2, 0) is 0 Å². The number of allylic oxidation sites excluding steroid dienone is 1. The summed E-state index contributed by atoms with van der Waals surface area (Å²) >= 11 is 0. The Balaban J connectivity index is 2.24. The summed E-state index contributed by atoms with van der Waals surface area (Å²) in [6.07, 6.45) is 7.43. The Labute approximate surface area is 99.9 Å². The van der Waals surface area contributed by atoms with Crippen LogP contribution in [0.15, 0.2) is 11.6 Å². The van der Waals surface area contributed by atoms with E-state index >= 15 is 0 Å². The van der Waals surface area contributed by atoms with Crippen LogP contribution in [0.5, 0.6) is 0 Å². The summed E-state index contributed by atoms with van der Waals surface area (Å²) in [6, 6.07) is 0. The minimum atomic E-state index is -0.636. The zero-order valence-corrected chi connectivity index (χ0v) is 11.2. The minimum Gasteiger partial charge on any atom is -0.386 e. The van der Waals surface area contributed by atoms with Gasteiger partial charge in [0.25, 0.3) is 0 Å². The van der Waals surface area contributed by atoms with Crippen LogP contribution in [0.3, 0.4) is 0 Å². The lowest BCUT2D eigenvalue weighted by Crippen LogP contribution is -2.29. The van der Waals surface area contributed by atoms with Crippen molar-refractivity contribution in [1.82, 2.24) is 0 Å². The van der Waals surface area contributed by atoms with Crippen LogP contribution >= 0.6 is 0 Å². The molecule has 92 valence electrons. The smallest absolute Gasteiger partial charge is 0.0774 e. The van der Waals surface area contributed by atoms with Gasteiger partial charge < -0.3 is 5.11 Å².